The first-order valence-electron chi connectivity index (χ1n) is 11.4. The molecule has 3 heterocycles. The molecule has 0 saturated heterocycles. The van der Waals surface area contributed by atoms with E-state index in [4.69, 9.17) is 37.4 Å². The van der Waals surface area contributed by atoms with Gasteiger partial charge in [0.05, 0.1) is 35.1 Å². The smallest absolute Gasteiger partial charge is 0.196 e. The second-order valence-electron chi connectivity index (χ2n) is 9.49. The van der Waals surface area contributed by atoms with Gasteiger partial charge in [-0.25, -0.2) is 4.98 Å². The maximum atomic E-state index is 13.6. The molecule has 4 aromatic rings. The van der Waals surface area contributed by atoms with Gasteiger partial charge >= 0.3 is 0 Å². The number of pyridine rings is 2. The Morgan fingerprint density at radius 3 is 2.50 bits per heavy atom. The predicted octanol–water partition coefficient (Wildman–Crippen LogP) is 7.08. The summed E-state index contributed by atoms with van der Waals surface area (Å²) in [4.78, 5) is 22.1. The Labute approximate surface area is 220 Å². The lowest BCUT2D eigenvalue weighted by Crippen LogP contribution is -2.22. The van der Waals surface area contributed by atoms with E-state index in [9.17, 15) is 4.79 Å². The van der Waals surface area contributed by atoms with Gasteiger partial charge in [0.2, 0.25) is 0 Å². The van der Waals surface area contributed by atoms with E-state index in [1.54, 1.807) is 66.8 Å². The van der Waals surface area contributed by atoms with Gasteiger partial charge in [-0.2, -0.15) is 0 Å². The molecule has 0 amide bonds. The van der Waals surface area contributed by atoms with Gasteiger partial charge in [-0.3, -0.25) is 9.78 Å². The van der Waals surface area contributed by atoms with Crippen molar-refractivity contribution in [2.75, 3.05) is 13.7 Å². The van der Waals surface area contributed by atoms with Crippen molar-refractivity contribution in [2.24, 2.45) is 0 Å². The number of halogens is 2. The highest BCUT2D eigenvalue weighted by atomic mass is 35.5. The van der Waals surface area contributed by atoms with Crippen LogP contribution in [-0.4, -0.2) is 42.1 Å². The van der Waals surface area contributed by atoms with Crippen LogP contribution in [0.1, 0.15) is 15.9 Å². The zero-order chi connectivity index (χ0) is 25.9. The Morgan fingerprint density at radius 1 is 1.00 bits per heavy atom. The Balaban J connectivity index is 1.59. The van der Waals surface area contributed by atoms with Crippen molar-refractivity contribution < 1.29 is 19.0 Å². The first-order valence-corrected chi connectivity index (χ1v) is 15.8. The summed E-state index contributed by atoms with van der Waals surface area (Å²) in [6, 6.07) is 9.31. The fraction of sp³-hybridized carbons (Fsp3) is 0.269. The van der Waals surface area contributed by atoms with Gasteiger partial charge in [0.1, 0.15) is 29.6 Å². The topological polar surface area (TPSA) is 75.5 Å². The standard InChI is InChI=1S/C26H27Cl2N3O4Si/c1-33-18-11-19(14-29-13-18)35-17-5-6-20(23(28)12-17)25(32)21-15-31(16-34-9-10-36(2,3)4)26-24(21)22(27)7-8-30-26/h5-8,11-15H,9-10,16H2,1-4H3. The number of methoxy groups -OCH3 is 1. The molecule has 0 bridgehead atoms. The molecule has 0 radical (unpaired) electrons. The van der Waals surface area contributed by atoms with E-state index < -0.39 is 8.07 Å². The number of rotatable bonds is 10. The number of hydrogen-bond donors (Lipinski definition) is 0. The van der Waals surface area contributed by atoms with E-state index in [0.29, 0.717) is 51.0 Å². The predicted molar refractivity (Wildman–Crippen MR) is 145 cm³/mol. The van der Waals surface area contributed by atoms with E-state index in [-0.39, 0.29) is 17.5 Å². The number of nitrogens with zero attached hydrogens (tertiary/aromatic N) is 3. The Morgan fingerprint density at radius 2 is 1.78 bits per heavy atom. The van der Waals surface area contributed by atoms with Crippen molar-refractivity contribution in [1.82, 2.24) is 14.5 Å². The summed E-state index contributed by atoms with van der Waals surface area (Å²) in [6.45, 7) is 7.82. The molecule has 36 heavy (non-hydrogen) atoms. The van der Waals surface area contributed by atoms with Gasteiger partial charge in [-0.15, -0.1) is 0 Å². The lowest BCUT2D eigenvalue weighted by molar-refractivity contribution is 0.0896. The van der Waals surface area contributed by atoms with Gasteiger partial charge in [0, 0.05) is 50.2 Å². The lowest BCUT2D eigenvalue weighted by Gasteiger charge is -2.15. The van der Waals surface area contributed by atoms with Crippen molar-refractivity contribution in [3.05, 3.63) is 76.3 Å². The number of carbonyl (C=O) groups is 1. The fourth-order valence-electron chi connectivity index (χ4n) is 3.58. The molecule has 0 fully saturated rings. The fourth-order valence-corrected chi connectivity index (χ4v) is 4.83. The van der Waals surface area contributed by atoms with Crippen LogP contribution in [0.2, 0.25) is 35.7 Å². The molecule has 0 atom stereocenters. The van der Waals surface area contributed by atoms with Crippen LogP contribution in [0.3, 0.4) is 0 Å². The van der Waals surface area contributed by atoms with Crippen LogP contribution in [0.15, 0.2) is 55.1 Å². The second kappa shape index (κ2) is 11.0. The number of hydrogen-bond acceptors (Lipinski definition) is 6. The zero-order valence-corrected chi connectivity index (χ0v) is 23.1. The van der Waals surface area contributed by atoms with Crippen LogP contribution in [0.4, 0.5) is 0 Å². The maximum absolute atomic E-state index is 13.6. The van der Waals surface area contributed by atoms with Gasteiger partial charge in [0.15, 0.2) is 5.78 Å². The highest BCUT2D eigenvalue weighted by Gasteiger charge is 2.22. The van der Waals surface area contributed by atoms with E-state index in [0.717, 1.165) is 6.04 Å². The number of aromatic nitrogens is 3. The molecule has 1 aromatic carbocycles. The molecule has 0 aliphatic heterocycles. The minimum atomic E-state index is -1.22. The van der Waals surface area contributed by atoms with E-state index in [1.807, 2.05) is 0 Å². The van der Waals surface area contributed by atoms with Crippen LogP contribution < -0.4 is 9.47 Å². The Hall–Kier alpha value is -2.91. The monoisotopic (exact) mass is 543 g/mol. The summed E-state index contributed by atoms with van der Waals surface area (Å²) >= 11 is 13.0. The number of ether oxygens (including phenoxy) is 3. The van der Waals surface area contributed by atoms with Crippen molar-refractivity contribution >= 4 is 48.1 Å². The zero-order valence-electron chi connectivity index (χ0n) is 20.5. The SMILES string of the molecule is COc1cncc(Oc2ccc(C(=O)c3cn(COCC[Si](C)(C)C)c4nccc(Cl)c34)c(Cl)c2)c1. The number of fused-ring (bicyclic) bond motifs is 1. The third-order valence-electron chi connectivity index (χ3n) is 5.52. The van der Waals surface area contributed by atoms with E-state index in [2.05, 4.69) is 29.6 Å². The van der Waals surface area contributed by atoms with Crippen molar-refractivity contribution in [3.63, 3.8) is 0 Å². The Kier molecular flexibility index (Phi) is 7.99. The highest BCUT2D eigenvalue weighted by Crippen LogP contribution is 2.33. The van der Waals surface area contributed by atoms with Crippen LogP contribution in [-0.2, 0) is 11.5 Å². The minimum absolute atomic E-state index is 0.251. The molecule has 3 aromatic heterocycles. The molecule has 188 valence electrons. The molecule has 0 aliphatic rings. The van der Waals surface area contributed by atoms with Gasteiger partial charge in [-0.1, -0.05) is 42.8 Å². The Bertz CT molecular complexity index is 1400. The summed E-state index contributed by atoms with van der Waals surface area (Å²) in [6.07, 6.45) is 6.48. The van der Waals surface area contributed by atoms with Gasteiger partial charge in [-0.05, 0) is 24.2 Å². The van der Waals surface area contributed by atoms with Crippen LogP contribution in [0, 0.1) is 0 Å². The van der Waals surface area contributed by atoms with Crippen LogP contribution in [0.5, 0.6) is 17.2 Å². The molecular formula is C26H27Cl2N3O4Si. The molecule has 7 nitrogen and oxygen atoms in total. The molecule has 0 saturated carbocycles. The maximum Gasteiger partial charge on any atom is 0.196 e. The minimum Gasteiger partial charge on any atom is -0.495 e. The lowest BCUT2D eigenvalue weighted by atomic mass is 10.0. The quantitative estimate of drug-likeness (QED) is 0.121. The van der Waals surface area contributed by atoms with Crippen molar-refractivity contribution in [2.45, 2.75) is 32.4 Å². The normalized spacial score (nSPS) is 11.6. The average molecular weight is 545 g/mol. The molecule has 0 unspecified atom stereocenters. The molecule has 10 heteroatoms. The molecule has 0 N–H and O–H groups in total. The third kappa shape index (κ3) is 6.07. The van der Waals surface area contributed by atoms with Crippen molar-refractivity contribution in [3.8, 4) is 17.2 Å². The number of benzene rings is 1. The molecule has 0 aliphatic carbocycles. The van der Waals surface area contributed by atoms with Crippen LogP contribution >= 0.6 is 23.2 Å². The molecular weight excluding hydrogens is 517 g/mol. The summed E-state index contributed by atoms with van der Waals surface area (Å²) in [7, 11) is 0.337. The van der Waals surface area contributed by atoms with E-state index >= 15 is 0 Å². The first-order chi connectivity index (χ1) is 17.2. The third-order valence-corrected chi connectivity index (χ3v) is 7.85. The summed E-state index contributed by atoms with van der Waals surface area (Å²) in [5.41, 5.74) is 1.32. The molecule has 4 rings (SSSR count). The van der Waals surface area contributed by atoms with Crippen molar-refractivity contribution in [1.29, 1.82) is 0 Å². The first kappa shape index (κ1) is 26.2. The van der Waals surface area contributed by atoms with Gasteiger partial charge in [0.25, 0.3) is 0 Å². The second-order valence-corrected chi connectivity index (χ2v) is 15.9. The molecule has 0 spiro atoms. The summed E-state index contributed by atoms with van der Waals surface area (Å²) < 4.78 is 18.7. The van der Waals surface area contributed by atoms with Gasteiger partial charge < -0.3 is 18.8 Å². The number of ketones is 1. The summed E-state index contributed by atoms with van der Waals surface area (Å²) in [5.74, 6) is 1.25. The van der Waals surface area contributed by atoms with E-state index in [1.165, 1.54) is 0 Å². The van der Waals surface area contributed by atoms with Crippen LogP contribution in [0.25, 0.3) is 11.0 Å². The summed E-state index contributed by atoms with van der Waals surface area (Å²) in [5, 5.41) is 1.25. The number of carbonyl (C=O) groups excluding carboxylic acids is 1. The average Bonchev–Trinajstić information content (AvgIpc) is 3.21. The highest BCUT2D eigenvalue weighted by molar-refractivity contribution is 6.76. The largest absolute Gasteiger partial charge is 0.495 e.